The summed E-state index contributed by atoms with van der Waals surface area (Å²) in [6.07, 6.45) is 5.65. The van der Waals surface area contributed by atoms with Gasteiger partial charge in [-0.05, 0) is 31.9 Å². The summed E-state index contributed by atoms with van der Waals surface area (Å²) in [5, 5.41) is 3.95. The monoisotopic (exact) mass is 276 g/mol. The van der Waals surface area contributed by atoms with Crippen LogP contribution in [-0.4, -0.2) is 24.2 Å². The molecule has 1 N–H and O–H groups in total. The molecule has 0 radical (unpaired) electrons. The molecule has 1 aromatic heterocycles. The maximum Gasteiger partial charge on any atom is 0.133 e. The molecule has 3 nitrogen and oxygen atoms in total. The van der Waals surface area contributed by atoms with Crippen LogP contribution in [-0.2, 0) is 11.3 Å². The molecule has 17 heavy (non-hydrogen) atoms. The third-order valence-corrected chi connectivity index (χ3v) is 3.16. The van der Waals surface area contributed by atoms with Gasteiger partial charge in [-0.1, -0.05) is 17.7 Å². The average molecular weight is 277 g/mol. The average Bonchev–Trinajstić information content (AvgIpc) is 2.79. The molecule has 1 unspecified atom stereocenters. The Labute approximate surface area is 113 Å². The highest BCUT2D eigenvalue weighted by Gasteiger charge is 2.14. The van der Waals surface area contributed by atoms with Gasteiger partial charge in [-0.3, -0.25) is 0 Å². The summed E-state index contributed by atoms with van der Waals surface area (Å²) in [7, 11) is 0. The van der Waals surface area contributed by atoms with Crippen molar-refractivity contribution in [2.75, 3.05) is 13.2 Å². The molecule has 0 bridgehead atoms. The Morgan fingerprint density at radius 3 is 3.12 bits per heavy atom. The number of pyridine rings is 1. The van der Waals surface area contributed by atoms with E-state index in [1.165, 1.54) is 12.8 Å². The Hall–Kier alpha value is -0.350. The maximum atomic E-state index is 5.95. The second-order valence-corrected chi connectivity index (χ2v) is 4.41. The van der Waals surface area contributed by atoms with Crippen LogP contribution in [0.2, 0.25) is 5.15 Å². The fourth-order valence-electron chi connectivity index (χ4n) is 1.91. The summed E-state index contributed by atoms with van der Waals surface area (Å²) in [5.41, 5.74) is 1.05. The van der Waals surface area contributed by atoms with Crippen LogP contribution in [0.15, 0.2) is 18.3 Å². The summed E-state index contributed by atoms with van der Waals surface area (Å²) in [4.78, 5) is 4.04. The summed E-state index contributed by atoms with van der Waals surface area (Å²) in [6.45, 7) is 2.67. The number of nitrogens with zero attached hydrogens (tertiary/aromatic N) is 1. The molecule has 0 aliphatic carbocycles. The van der Waals surface area contributed by atoms with E-state index in [4.69, 9.17) is 16.3 Å². The van der Waals surface area contributed by atoms with Gasteiger partial charge >= 0.3 is 0 Å². The molecule has 96 valence electrons. The molecular formula is C12H18Cl2N2O. The third-order valence-electron chi connectivity index (χ3n) is 2.82. The van der Waals surface area contributed by atoms with Crippen LogP contribution in [0.3, 0.4) is 0 Å². The number of rotatable bonds is 5. The summed E-state index contributed by atoms with van der Waals surface area (Å²) < 4.78 is 5.55. The fraction of sp³-hybridized carbons (Fsp3) is 0.583. The molecule has 0 aromatic carbocycles. The first-order valence-electron chi connectivity index (χ1n) is 5.78. The third kappa shape index (κ3) is 4.80. The molecule has 2 heterocycles. The lowest BCUT2D eigenvalue weighted by Crippen LogP contribution is -2.20. The van der Waals surface area contributed by atoms with Gasteiger partial charge < -0.3 is 10.1 Å². The Kier molecular flexibility index (Phi) is 6.82. The van der Waals surface area contributed by atoms with Gasteiger partial charge in [0, 0.05) is 24.9 Å². The molecule has 0 amide bonds. The summed E-state index contributed by atoms with van der Waals surface area (Å²) in [5.74, 6) is 0. The number of aromatic nitrogens is 1. The van der Waals surface area contributed by atoms with Gasteiger partial charge in [-0.15, -0.1) is 12.4 Å². The lowest BCUT2D eigenvalue weighted by molar-refractivity contribution is 0.104. The van der Waals surface area contributed by atoms with Gasteiger partial charge in [-0.25, -0.2) is 4.98 Å². The van der Waals surface area contributed by atoms with Crippen molar-refractivity contribution in [3.8, 4) is 0 Å². The number of ether oxygens (including phenoxy) is 1. The largest absolute Gasteiger partial charge is 0.378 e. The molecule has 1 atom stereocenters. The molecular weight excluding hydrogens is 259 g/mol. The minimum atomic E-state index is 0. The quantitative estimate of drug-likeness (QED) is 0.664. The van der Waals surface area contributed by atoms with E-state index >= 15 is 0 Å². The summed E-state index contributed by atoms with van der Waals surface area (Å²) in [6, 6.07) is 3.90. The van der Waals surface area contributed by atoms with Crippen molar-refractivity contribution >= 4 is 24.0 Å². The van der Waals surface area contributed by atoms with Crippen LogP contribution in [0, 0.1) is 0 Å². The van der Waals surface area contributed by atoms with E-state index < -0.39 is 0 Å². The Morgan fingerprint density at radius 1 is 1.53 bits per heavy atom. The molecule has 2 rings (SSSR count). The van der Waals surface area contributed by atoms with E-state index in [0.29, 0.717) is 11.3 Å². The first-order valence-corrected chi connectivity index (χ1v) is 6.16. The highest BCUT2D eigenvalue weighted by molar-refractivity contribution is 6.30. The Bertz CT molecular complexity index is 330. The zero-order valence-corrected chi connectivity index (χ0v) is 11.3. The molecule has 1 aliphatic heterocycles. The van der Waals surface area contributed by atoms with Crippen molar-refractivity contribution in [2.45, 2.75) is 31.9 Å². The van der Waals surface area contributed by atoms with Crippen LogP contribution in [0.25, 0.3) is 0 Å². The SMILES string of the molecule is Cl.Clc1ncccc1CNCCC1CCCO1. The second-order valence-electron chi connectivity index (χ2n) is 4.05. The first-order chi connectivity index (χ1) is 7.86. The fourth-order valence-corrected chi connectivity index (χ4v) is 2.10. The zero-order chi connectivity index (χ0) is 11.2. The van der Waals surface area contributed by atoms with Gasteiger partial charge in [0.05, 0.1) is 6.10 Å². The Morgan fingerprint density at radius 2 is 2.41 bits per heavy atom. The highest BCUT2D eigenvalue weighted by Crippen LogP contribution is 2.15. The first kappa shape index (κ1) is 14.7. The van der Waals surface area contributed by atoms with Crippen LogP contribution < -0.4 is 5.32 Å². The van der Waals surface area contributed by atoms with Crippen molar-refractivity contribution in [1.82, 2.24) is 10.3 Å². The lowest BCUT2D eigenvalue weighted by atomic mass is 10.2. The predicted molar refractivity (Wildman–Crippen MR) is 71.8 cm³/mol. The zero-order valence-electron chi connectivity index (χ0n) is 9.69. The van der Waals surface area contributed by atoms with Gasteiger partial charge in [0.2, 0.25) is 0 Å². The van der Waals surface area contributed by atoms with E-state index in [2.05, 4.69) is 10.3 Å². The molecule has 1 fully saturated rings. The predicted octanol–water partition coefficient (Wildman–Crippen LogP) is 2.82. The van der Waals surface area contributed by atoms with Crippen molar-refractivity contribution in [1.29, 1.82) is 0 Å². The normalized spacial score (nSPS) is 19.0. The minimum Gasteiger partial charge on any atom is -0.378 e. The number of nitrogens with one attached hydrogen (secondary N) is 1. The van der Waals surface area contributed by atoms with E-state index in [9.17, 15) is 0 Å². The smallest absolute Gasteiger partial charge is 0.133 e. The van der Waals surface area contributed by atoms with Crippen molar-refractivity contribution in [3.63, 3.8) is 0 Å². The number of halogens is 2. The van der Waals surface area contributed by atoms with Crippen molar-refractivity contribution in [2.24, 2.45) is 0 Å². The van der Waals surface area contributed by atoms with Crippen LogP contribution in [0.5, 0.6) is 0 Å². The molecule has 5 heteroatoms. The second kappa shape index (κ2) is 7.88. The van der Waals surface area contributed by atoms with Crippen molar-refractivity contribution < 1.29 is 4.74 Å². The van der Waals surface area contributed by atoms with E-state index in [-0.39, 0.29) is 12.4 Å². The van der Waals surface area contributed by atoms with Gasteiger partial charge in [0.25, 0.3) is 0 Å². The van der Waals surface area contributed by atoms with Crippen LogP contribution >= 0.6 is 24.0 Å². The van der Waals surface area contributed by atoms with Crippen LogP contribution in [0.4, 0.5) is 0 Å². The number of hydrogen-bond donors (Lipinski definition) is 1. The van der Waals surface area contributed by atoms with Gasteiger partial charge in [-0.2, -0.15) is 0 Å². The number of hydrogen-bond acceptors (Lipinski definition) is 3. The minimum absolute atomic E-state index is 0. The van der Waals surface area contributed by atoms with E-state index in [0.717, 1.165) is 31.7 Å². The van der Waals surface area contributed by atoms with Gasteiger partial charge in [0.1, 0.15) is 5.15 Å². The maximum absolute atomic E-state index is 5.95. The van der Waals surface area contributed by atoms with Gasteiger partial charge in [0.15, 0.2) is 0 Å². The topological polar surface area (TPSA) is 34.2 Å². The summed E-state index contributed by atoms with van der Waals surface area (Å²) >= 11 is 5.95. The van der Waals surface area contributed by atoms with Crippen molar-refractivity contribution in [3.05, 3.63) is 29.0 Å². The molecule has 1 saturated heterocycles. The van der Waals surface area contributed by atoms with Crippen LogP contribution in [0.1, 0.15) is 24.8 Å². The molecule has 1 aromatic rings. The van der Waals surface area contributed by atoms with E-state index in [1.807, 2.05) is 12.1 Å². The standard InChI is InChI=1S/C12H17ClN2O.ClH/c13-12-10(3-1-6-15-12)9-14-7-5-11-4-2-8-16-11;/h1,3,6,11,14H,2,4-5,7-9H2;1H. The lowest BCUT2D eigenvalue weighted by Gasteiger charge is -2.10. The highest BCUT2D eigenvalue weighted by atomic mass is 35.5. The molecule has 0 spiro atoms. The molecule has 1 aliphatic rings. The Balaban J connectivity index is 0.00000144. The molecule has 0 saturated carbocycles. The van der Waals surface area contributed by atoms with E-state index in [1.54, 1.807) is 6.20 Å².